The van der Waals surface area contributed by atoms with Gasteiger partial charge in [0, 0.05) is 50.9 Å². The van der Waals surface area contributed by atoms with E-state index in [0.29, 0.717) is 63.1 Å². The number of hydrogen-bond acceptors (Lipinski definition) is 11. The molecule has 268 valence electrons. The van der Waals surface area contributed by atoms with E-state index in [-0.39, 0.29) is 37.0 Å². The Morgan fingerprint density at radius 2 is 1.85 bits per heavy atom. The molecular weight excluding hydrogens is 676 g/mol. The maximum absolute atomic E-state index is 15.0. The lowest BCUT2D eigenvalue weighted by Crippen LogP contribution is -2.47. The van der Waals surface area contributed by atoms with Crippen LogP contribution in [0.15, 0.2) is 54.7 Å². The molecule has 3 atom stereocenters. The number of aliphatic hydroxyl groups excluding tert-OH is 1. The number of halogens is 2. The maximum atomic E-state index is 15.0. The molecule has 1 saturated heterocycles. The molecule has 6 aromatic rings. The predicted octanol–water partition coefficient (Wildman–Crippen LogP) is 3.83. The predicted molar refractivity (Wildman–Crippen MR) is 185 cm³/mol. The zero-order chi connectivity index (χ0) is 36.3. The third kappa shape index (κ3) is 5.73. The Morgan fingerprint density at radius 1 is 1.00 bits per heavy atom. The van der Waals surface area contributed by atoms with Gasteiger partial charge in [-0.2, -0.15) is 5.10 Å². The molecule has 2 aliphatic heterocycles. The number of aromatic nitrogens is 7. The molecule has 2 aromatic carbocycles. The number of rotatable bonds is 5. The van der Waals surface area contributed by atoms with E-state index in [1.165, 1.54) is 42.1 Å². The highest BCUT2D eigenvalue weighted by molar-refractivity contribution is 5.93. The summed E-state index contributed by atoms with van der Waals surface area (Å²) in [4.78, 5) is 36.6. The van der Waals surface area contributed by atoms with Crippen LogP contribution >= 0.6 is 0 Å². The van der Waals surface area contributed by atoms with Crippen LogP contribution in [0.1, 0.15) is 18.1 Å². The van der Waals surface area contributed by atoms with Crippen molar-refractivity contribution < 1.29 is 32.9 Å². The molecule has 0 saturated carbocycles. The van der Waals surface area contributed by atoms with Gasteiger partial charge in [-0.25, -0.2) is 33.4 Å². The van der Waals surface area contributed by atoms with Crippen molar-refractivity contribution in [2.45, 2.75) is 44.7 Å². The second-order valence-electron chi connectivity index (χ2n) is 12.9. The average Bonchev–Trinajstić information content (AvgIpc) is 3.84. The number of carbonyl (C=O) groups excluding carboxylic acids is 1. The van der Waals surface area contributed by atoms with Gasteiger partial charge in [-0.3, -0.25) is 4.79 Å². The summed E-state index contributed by atoms with van der Waals surface area (Å²) in [5.74, 6) is 0.519. The van der Waals surface area contributed by atoms with E-state index in [4.69, 9.17) is 24.2 Å². The van der Waals surface area contributed by atoms with Crippen molar-refractivity contribution >= 4 is 33.8 Å². The van der Waals surface area contributed by atoms with Gasteiger partial charge in [-0.1, -0.05) is 6.07 Å². The van der Waals surface area contributed by atoms with Crippen molar-refractivity contribution in [3.05, 3.63) is 78.0 Å². The zero-order valence-electron chi connectivity index (χ0n) is 28.8. The lowest BCUT2D eigenvalue weighted by molar-refractivity contribution is -0.133. The SMILES string of the molecule is COc1cc(F)ccc1-n1ncc2c(N3C[C@@H]4C[C@H]3C(=O)N(C)C[C@H](OC)Cn3c(C)nc5cc(F)cc(c53)-c3cccc(n3)O4)nc(CO)nc21. The minimum atomic E-state index is -0.748. The fourth-order valence-corrected chi connectivity index (χ4v) is 7.21. The summed E-state index contributed by atoms with van der Waals surface area (Å²) in [5, 5.41) is 15.3. The number of carbonyl (C=O) groups is 1. The number of aryl methyl sites for hydroxylation is 1. The van der Waals surface area contributed by atoms with Crippen LogP contribution in [-0.4, -0.2) is 103 Å². The number of amides is 1. The van der Waals surface area contributed by atoms with E-state index in [0.717, 1.165) is 0 Å². The van der Waals surface area contributed by atoms with E-state index >= 15 is 0 Å². The lowest BCUT2D eigenvalue weighted by Gasteiger charge is -2.31. The first-order valence-electron chi connectivity index (χ1n) is 16.7. The Hall–Kier alpha value is -5.74. The number of benzene rings is 2. The minimum Gasteiger partial charge on any atom is -0.494 e. The highest BCUT2D eigenvalue weighted by Crippen LogP contribution is 2.36. The number of nitrogens with zero attached hydrogens (tertiary/aromatic N) is 9. The standard InChI is InChI=1S/C36H35F2N9O5/c1-19-40-27-11-21(38)10-24-26-6-5-7-32(41-26)52-22-13-29(36(49)44(2)15-23(50-3)17-45(19)33(24)27)46(16-22)34-25-14-39-47(35(25)43-31(18-48)42-34)28-9-8-20(37)12-30(28)51-4/h5-12,14,22-23,29,48H,13,15-18H2,1-4H3/t22-,23-,29-/m0/s1. The summed E-state index contributed by atoms with van der Waals surface area (Å²) >= 11 is 0. The quantitative estimate of drug-likeness (QED) is 0.279. The normalized spacial score (nSPS) is 19.2. The van der Waals surface area contributed by atoms with Crippen molar-refractivity contribution in [3.63, 3.8) is 0 Å². The first kappa shape index (κ1) is 33.4. The number of methoxy groups -OCH3 is 2. The lowest BCUT2D eigenvalue weighted by atomic mass is 10.1. The van der Waals surface area contributed by atoms with Crippen molar-refractivity contribution in [3.8, 4) is 28.6 Å². The van der Waals surface area contributed by atoms with Crippen molar-refractivity contribution in [1.29, 1.82) is 0 Å². The van der Waals surface area contributed by atoms with Crippen LogP contribution in [0.4, 0.5) is 14.6 Å². The monoisotopic (exact) mass is 711 g/mol. The first-order chi connectivity index (χ1) is 25.1. The molecular formula is C36H35F2N9O5. The van der Waals surface area contributed by atoms with Crippen LogP contribution < -0.4 is 14.4 Å². The van der Waals surface area contributed by atoms with Gasteiger partial charge >= 0.3 is 0 Å². The van der Waals surface area contributed by atoms with Crippen LogP contribution in [0.5, 0.6) is 11.6 Å². The van der Waals surface area contributed by atoms with Gasteiger partial charge in [0.2, 0.25) is 11.8 Å². The molecule has 16 heteroatoms. The number of aliphatic hydroxyl groups is 1. The molecule has 0 unspecified atom stereocenters. The molecule has 52 heavy (non-hydrogen) atoms. The van der Waals surface area contributed by atoms with E-state index in [1.54, 1.807) is 43.5 Å². The number of anilines is 1. The summed E-state index contributed by atoms with van der Waals surface area (Å²) in [6.07, 6.45) is 0.866. The van der Waals surface area contributed by atoms with Crippen molar-refractivity contribution in [2.24, 2.45) is 0 Å². The van der Waals surface area contributed by atoms with Gasteiger partial charge < -0.3 is 33.7 Å². The summed E-state index contributed by atoms with van der Waals surface area (Å²) in [6, 6.07) is 11.4. The van der Waals surface area contributed by atoms with Crippen LogP contribution in [0.2, 0.25) is 0 Å². The van der Waals surface area contributed by atoms with Crippen molar-refractivity contribution in [2.75, 3.05) is 39.3 Å². The van der Waals surface area contributed by atoms with Gasteiger partial charge in [0.05, 0.1) is 54.6 Å². The van der Waals surface area contributed by atoms with E-state index in [2.05, 4.69) is 15.1 Å². The van der Waals surface area contributed by atoms with Gasteiger partial charge in [-0.05, 0) is 31.2 Å². The number of likely N-dealkylation sites (N-methyl/N-ethyl adjacent to an activating group) is 1. The molecule has 8 rings (SSSR count). The van der Waals surface area contributed by atoms with E-state index < -0.39 is 36.5 Å². The Morgan fingerprint density at radius 3 is 2.63 bits per heavy atom. The maximum Gasteiger partial charge on any atom is 0.245 e. The third-order valence-corrected chi connectivity index (χ3v) is 9.64. The highest BCUT2D eigenvalue weighted by atomic mass is 19.1. The van der Waals surface area contributed by atoms with E-state index in [1.807, 2.05) is 16.4 Å². The number of imidazole rings is 1. The fourth-order valence-electron chi connectivity index (χ4n) is 7.21. The highest BCUT2D eigenvalue weighted by Gasteiger charge is 2.42. The smallest absolute Gasteiger partial charge is 0.245 e. The van der Waals surface area contributed by atoms with Crippen LogP contribution in [-0.2, 0) is 22.7 Å². The number of hydrogen-bond donors (Lipinski definition) is 1. The number of ether oxygens (including phenoxy) is 3. The summed E-state index contributed by atoms with van der Waals surface area (Å²) in [7, 11) is 4.73. The molecule has 4 aromatic heterocycles. The van der Waals surface area contributed by atoms with Crippen LogP contribution in [0, 0.1) is 18.6 Å². The second-order valence-corrected chi connectivity index (χ2v) is 12.9. The molecule has 2 aliphatic rings. The Labute approximate surface area is 296 Å². The average molecular weight is 712 g/mol. The van der Waals surface area contributed by atoms with Gasteiger partial charge in [-0.15, -0.1) is 0 Å². The minimum absolute atomic E-state index is 0.0955. The molecule has 6 heterocycles. The van der Waals surface area contributed by atoms with E-state index in [9.17, 15) is 18.7 Å². The largest absolute Gasteiger partial charge is 0.494 e. The summed E-state index contributed by atoms with van der Waals surface area (Å²) < 4.78 is 50.4. The number of pyridine rings is 1. The van der Waals surface area contributed by atoms with Gasteiger partial charge in [0.25, 0.3) is 0 Å². The fraction of sp³-hybridized carbons (Fsp3) is 0.333. The molecule has 0 aliphatic carbocycles. The van der Waals surface area contributed by atoms with Gasteiger partial charge in [0.1, 0.15) is 53.5 Å². The third-order valence-electron chi connectivity index (χ3n) is 9.64. The molecule has 14 nitrogen and oxygen atoms in total. The Kier molecular flexibility index (Phi) is 8.42. The molecule has 4 bridgehead atoms. The zero-order valence-corrected chi connectivity index (χ0v) is 28.8. The summed E-state index contributed by atoms with van der Waals surface area (Å²) in [6.45, 7) is 2.15. The Bertz CT molecular complexity index is 2350. The molecule has 0 spiro atoms. The topological polar surface area (TPSA) is 146 Å². The van der Waals surface area contributed by atoms with Crippen molar-refractivity contribution in [1.82, 2.24) is 39.2 Å². The second kappa shape index (κ2) is 13.1. The molecule has 1 fully saturated rings. The first-order valence-corrected chi connectivity index (χ1v) is 16.7. The van der Waals surface area contributed by atoms with Crippen LogP contribution in [0.3, 0.4) is 0 Å². The number of fused-ring (bicyclic) bond motifs is 6. The molecule has 0 radical (unpaired) electrons. The summed E-state index contributed by atoms with van der Waals surface area (Å²) in [5.41, 5.74) is 2.99. The molecule has 1 amide bonds. The molecule has 1 N–H and O–H groups in total. The van der Waals surface area contributed by atoms with Gasteiger partial charge in [0.15, 0.2) is 11.5 Å². The Balaban J connectivity index is 1.25. The van der Waals surface area contributed by atoms with Crippen LogP contribution in [0.25, 0.3) is 39.0 Å².